The van der Waals surface area contributed by atoms with Crippen molar-refractivity contribution >= 4 is 22.4 Å². The van der Waals surface area contributed by atoms with E-state index in [1.165, 1.54) is 11.3 Å². The van der Waals surface area contributed by atoms with Crippen LogP contribution in [0, 0.1) is 18.3 Å². The number of nitrogens with two attached hydrogens (primary N) is 1. The van der Waals surface area contributed by atoms with E-state index in [2.05, 4.69) is 16.4 Å². The van der Waals surface area contributed by atoms with Crippen molar-refractivity contribution in [1.82, 2.24) is 10.3 Å². The van der Waals surface area contributed by atoms with Crippen LogP contribution in [0.25, 0.3) is 0 Å². The molecular weight excluding hydrogens is 272 g/mol. The lowest BCUT2D eigenvalue weighted by atomic mass is 10.1. The number of hydrogen-bond acceptors (Lipinski definition) is 5. The molecule has 0 radical (unpaired) electrons. The summed E-state index contributed by atoms with van der Waals surface area (Å²) < 4.78 is 0. The molecule has 20 heavy (non-hydrogen) atoms. The van der Waals surface area contributed by atoms with Crippen LogP contribution in [0.4, 0.5) is 5.13 Å². The third-order valence-electron chi connectivity index (χ3n) is 2.91. The maximum Gasteiger partial charge on any atom is 0.263 e. The van der Waals surface area contributed by atoms with Crippen LogP contribution in [0.3, 0.4) is 0 Å². The molecule has 6 heteroatoms. The molecule has 0 bridgehead atoms. The molecule has 1 unspecified atom stereocenters. The average molecular weight is 286 g/mol. The lowest BCUT2D eigenvalue weighted by molar-refractivity contribution is 0.0943. The van der Waals surface area contributed by atoms with Gasteiger partial charge in [-0.1, -0.05) is 23.5 Å². The summed E-state index contributed by atoms with van der Waals surface area (Å²) in [4.78, 5) is 16.7. The summed E-state index contributed by atoms with van der Waals surface area (Å²) >= 11 is 1.18. The van der Waals surface area contributed by atoms with E-state index in [0.29, 0.717) is 21.3 Å². The zero-order valence-corrected chi connectivity index (χ0v) is 12.0. The molecule has 0 aliphatic rings. The van der Waals surface area contributed by atoms with Gasteiger partial charge in [-0.2, -0.15) is 5.26 Å². The van der Waals surface area contributed by atoms with Crippen molar-refractivity contribution in [2.24, 2.45) is 0 Å². The molecule has 0 spiro atoms. The van der Waals surface area contributed by atoms with Crippen LogP contribution in [-0.2, 0) is 0 Å². The van der Waals surface area contributed by atoms with Gasteiger partial charge in [-0.3, -0.25) is 4.79 Å². The Hall–Kier alpha value is -2.39. The van der Waals surface area contributed by atoms with E-state index in [0.717, 1.165) is 5.56 Å². The highest BCUT2D eigenvalue weighted by Gasteiger charge is 2.16. The molecule has 0 aliphatic heterocycles. The molecule has 1 aromatic carbocycles. The van der Waals surface area contributed by atoms with Crippen LogP contribution >= 0.6 is 11.3 Å². The summed E-state index contributed by atoms with van der Waals surface area (Å²) in [6, 6.07) is 9.03. The number of carbonyl (C=O) groups excluding carboxylic acids is 1. The van der Waals surface area contributed by atoms with E-state index in [-0.39, 0.29) is 11.9 Å². The van der Waals surface area contributed by atoms with Gasteiger partial charge in [0.25, 0.3) is 5.91 Å². The van der Waals surface area contributed by atoms with E-state index < -0.39 is 0 Å². The van der Waals surface area contributed by atoms with Crippen molar-refractivity contribution in [1.29, 1.82) is 5.26 Å². The largest absolute Gasteiger partial charge is 0.375 e. The fraction of sp³-hybridized carbons (Fsp3) is 0.214. The number of carbonyl (C=O) groups is 1. The van der Waals surface area contributed by atoms with E-state index >= 15 is 0 Å². The summed E-state index contributed by atoms with van der Waals surface area (Å²) in [5.41, 5.74) is 7.76. The van der Waals surface area contributed by atoms with Gasteiger partial charge in [-0.25, -0.2) is 4.98 Å². The molecule has 1 heterocycles. The monoisotopic (exact) mass is 286 g/mol. The third-order valence-corrected chi connectivity index (χ3v) is 3.89. The molecule has 2 aromatic rings. The fourth-order valence-corrected chi connectivity index (χ4v) is 2.56. The van der Waals surface area contributed by atoms with Gasteiger partial charge in [0.1, 0.15) is 4.88 Å². The van der Waals surface area contributed by atoms with Crippen molar-refractivity contribution in [2.75, 3.05) is 5.73 Å². The van der Waals surface area contributed by atoms with Gasteiger partial charge in [0.05, 0.1) is 23.4 Å². The van der Waals surface area contributed by atoms with Gasteiger partial charge < -0.3 is 11.1 Å². The number of thiazole rings is 1. The van der Waals surface area contributed by atoms with Crippen molar-refractivity contribution in [3.05, 3.63) is 46.0 Å². The summed E-state index contributed by atoms with van der Waals surface area (Å²) in [6.45, 7) is 3.65. The fourth-order valence-electron chi connectivity index (χ4n) is 1.82. The smallest absolute Gasteiger partial charge is 0.263 e. The molecule has 102 valence electrons. The van der Waals surface area contributed by atoms with E-state index in [1.807, 2.05) is 19.1 Å². The number of nitriles is 1. The summed E-state index contributed by atoms with van der Waals surface area (Å²) in [5, 5.41) is 12.0. The van der Waals surface area contributed by atoms with Crippen LogP contribution in [0.15, 0.2) is 24.3 Å². The van der Waals surface area contributed by atoms with Crippen molar-refractivity contribution in [3.8, 4) is 6.07 Å². The molecule has 0 aliphatic carbocycles. The average Bonchev–Trinajstić information content (AvgIpc) is 2.78. The molecule has 5 nitrogen and oxygen atoms in total. The Morgan fingerprint density at radius 1 is 1.45 bits per heavy atom. The van der Waals surface area contributed by atoms with Gasteiger partial charge in [-0.15, -0.1) is 0 Å². The topological polar surface area (TPSA) is 91.8 Å². The molecule has 1 atom stereocenters. The number of rotatable bonds is 3. The van der Waals surface area contributed by atoms with E-state index in [9.17, 15) is 4.79 Å². The third kappa shape index (κ3) is 2.95. The van der Waals surface area contributed by atoms with E-state index in [4.69, 9.17) is 11.0 Å². The highest BCUT2D eigenvalue weighted by Crippen LogP contribution is 2.21. The Morgan fingerprint density at radius 3 is 2.60 bits per heavy atom. The minimum Gasteiger partial charge on any atom is -0.375 e. The Balaban J connectivity index is 2.11. The van der Waals surface area contributed by atoms with E-state index in [1.54, 1.807) is 19.1 Å². The Labute approximate surface area is 121 Å². The number of nitrogen functional groups attached to an aromatic ring is 1. The molecule has 0 fully saturated rings. The summed E-state index contributed by atoms with van der Waals surface area (Å²) in [6.07, 6.45) is 0. The molecular formula is C14H14N4OS. The molecule has 3 N–H and O–H groups in total. The highest BCUT2D eigenvalue weighted by atomic mass is 32.1. The first kappa shape index (κ1) is 14.0. The zero-order valence-electron chi connectivity index (χ0n) is 11.2. The molecule has 2 rings (SSSR count). The van der Waals surface area contributed by atoms with Crippen LogP contribution in [0.1, 0.15) is 39.5 Å². The van der Waals surface area contributed by atoms with Gasteiger partial charge >= 0.3 is 0 Å². The number of hydrogen-bond donors (Lipinski definition) is 2. The first-order valence-electron chi connectivity index (χ1n) is 6.05. The molecule has 0 saturated heterocycles. The Bertz CT molecular complexity index is 669. The number of aryl methyl sites for hydroxylation is 1. The van der Waals surface area contributed by atoms with Crippen molar-refractivity contribution in [3.63, 3.8) is 0 Å². The lowest BCUT2D eigenvalue weighted by Crippen LogP contribution is -2.26. The number of aromatic nitrogens is 1. The summed E-state index contributed by atoms with van der Waals surface area (Å²) in [7, 11) is 0. The first-order valence-corrected chi connectivity index (χ1v) is 6.86. The Kier molecular flexibility index (Phi) is 4.01. The van der Waals surface area contributed by atoms with Crippen LogP contribution < -0.4 is 11.1 Å². The van der Waals surface area contributed by atoms with Crippen LogP contribution in [0.5, 0.6) is 0 Å². The second-order valence-electron chi connectivity index (χ2n) is 4.40. The predicted molar refractivity (Wildman–Crippen MR) is 78.3 cm³/mol. The maximum absolute atomic E-state index is 12.1. The molecule has 1 aromatic heterocycles. The minimum atomic E-state index is -0.187. The normalized spacial score (nSPS) is 11.7. The molecule has 1 amide bonds. The number of amides is 1. The van der Waals surface area contributed by atoms with Gasteiger partial charge in [0, 0.05) is 0 Å². The number of nitrogens with one attached hydrogen (secondary N) is 1. The highest BCUT2D eigenvalue weighted by molar-refractivity contribution is 7.17. The second kappa shape index (κ2) is 5.72. The van der Waals surface area contributed by atoms with Crippen LogP contribution in [0.2, 0.25) is 0 Å². The van der Waals surface area contributed by atoms with Gasteiger partial charge in [0.15, 0.2) is 5.13 Å². The SMILES string of the molecule is Cc1nc(N)sc1C(=O)NC(C)c1ccc(C#N)cc1. The van der Waals surface area contributed by atoms with Crippen LogP contribution in [-0.4, -0.2) is 10.9 Å². The lowest BCUT2D eigenvalue weighted by Gasteiger charge is -2.13. The summed E-state index contributed by atoms with van der Waals surface area (Å²) in [5.74, 6) is -0.187. The van der Waals surface area contributed by atoms with Gasteiger partial charge in [-0.05, 0) is 31.5 Å². The van der Waals surface area contributed by atoms with Crippen molar-refractivity contribution in [2.45, 2.75) is 19.9 Å². The van der Waals surface area contributed by atoms with Gasteiger partial charge in [0.2, 0.25) is 0 Å². The zero-order chi connectivity index (χ0) is 14.7. The number of nitrogens with zero attached hydrogens (tertiary/aromatic N) is 2. The number of anilines is 1. The quantitative estimate of drug-likeness (QED) is 0.906. The first-order chi connectivity index (χ1) is 9.51. The molecule has 0 saturated carbocycles. The number of benzene rings is 1. The minimum absolute atomic E-state index is 0.155. The second-order valence-corrected chi connectivity index (χ2v) is 5.43. The predicted octanol–water partition coefficient (Wildman–Crippen LogP) is 2.40. The standard InChI is InChI=1S/C14H14N4OS/c1-8(11-5-3-10(7-15)4-6-11)17-13(19)12-9(2)18-14(16)20-12/h3-6,8H,1-2H3,(H2,16,18)(H,17,19). The Morgan fingerprint density at radius 2 is 2.10 bits per heavy atom. The maximum atomic E-state index is 12.1. The van der Waals surface area contributed by atoms with Crippen molar-refractivity contribution < 1.29 is 4.79 Å².